The predicted molar refractivity (Wildman–Crippen MR) is 85.6 cm³/mol. The number of hydrogen-bond donors (Lipinski definition) is 1. The Morgan fingerprint density at radius 1 is 1.10 bits per heavy atom. The predicted octanol–water partition coefficient (Wildman–Crippen LogP) is 3.33. The highest BCUT2D eigenvalue weighted by Crippen LogP contribution is 2.38. The van der Waals surface area contributed by atoms with Crippen molar-refractivity contribution in [1.29, 1.82) is 0 Å². The standard InChI is InChI=1S/C14H12Cl2N2O2S/c15-10-6-11(16)8-12(7-10)21(19,20)18-5-4-9-2-1-3-13(17)14(9)18/h1-3,6-8H,4-5,17H2. The van der Waals surface area contributed by atoms with Crippen LogP contribution in [0.1, 0.15) is 5.56 Å². The van der Waals surface area contributed by atoms with Crippen LogP contribution in [-0.4, -0.2) is 15.0 Å². The Morgan fingerprint density at radius 3 is 2.43 bits per heavy atom. The molecule has 1 heterocycles. The van der Waals surface area contributed by atoms with Gasteiger partial charge >= 0.3 is 0 Å². The van der Waals surface area contributed by atoms with E-state index in [2.05, 4.69) is 0 Å². The molecule has 110 valence electrons. The lowest BCUT2D eigenvalue weighted by Crippen LogP contribution is -2.29. The van der Waals surface area contributed by atoms with Crippen LogP contribution in [0.25, 0.3) is 0 Å². The Bertz CT molecular complexity index is 801. The van der Waals surface area contributed by atoms with Gasteiger partial charge in [0.2, 0.25) is 0 Å². The van der Waals surface area contributed by atoms with E-state index in [4.69, 9.17) is 28.9 Å². The summed E-state index contributed by atoms with van der Waals surface area (Å²) in [5.41, 5.74) is 7.86. The van der Waals surface area contributed by atoms with E-state index in [-0.39, 0.29) is 14.9 Å². The summed E-state index contributed by atoms with van der Waals surface area (Å²) >= 11 is 11.8. The van der Waals surface area contributed by atoms with Crippen LogP contribution in [0.4, 0.5) is 11.4 Å². The van der Waals surface area contributed by atoms with E-state index in [9.17, 15) is 8.42 Å². The molecule has 3 rings (SSSR count). The summed E-state index contributed by atoms with van der Waals surface area (Å²) in [5, 5.41) is 0.558. The molecule has 0 radical (unpaired) electrons. The van der Waals surface area contributed by atoms with E-state index in [1.54, 1.807) is 6.07 Å². The summed E-state index contributed by atoms with van der Waals surface area (Å²) in [6.45, 7) is 0.357. The summed E-state index contributed by atoms with van der Waals surface area (Å²) in [6, 6.07) is 9.67. The molecule has 2 aromatic carbocycles. The van der Waals surface area contributed by atoms with Crippen molar-refractivity contribution in [3.63, 3.8) is 0 Å². The Hall–Kier alpha value is -1.43. The molecule has 0 saturated carbocycles. The Kier molecular flexibility index (Phi) is 3.51. The van der Waals surface area contributed by atoms with Gasteiger partial charge in [-0.2, -0.15) is 0 Å². The lowest BCUT2D eigenvalue weighted by Gasteiger charge is -2.21. The number of rotatable bonds is 2. The fourth-order valence-corrected chi connectivity index (χ4v) is 4.75. The van der Waals surface area contributed by atoms with Crippen molar-refractivity contribution in [3.8, 4) is 0 Å². The fourth-order valence-electron chi connectivity index (χ4n) is 2.50. The second kappa shape index (κ2) is 5.09. The number of hydrogen-bond acceptors (Lipinski definition) is 3. The van der Waals surface area contributed by atoms with Crippen molar-refractivity contribution in [3.05, 3.63) is 52.0 Å². The van der Waals surface area contributed by atoms with Gasteiger partial charge in [-0.1, -0.05) is 35.3 Å². The van der Waals surface area contributed by atoms with Gasteiger partial charge in [-0.25, -0.2) is 8.42 Å². The third kappa shape index (κ3) is 2.46. The second-order valence-corrected chi connectivity index (χ2v) is 7.52. The average Bonchev–Trinajstić information content (AvgIpc) is 2.83. The number of nitrogens with two attached hydrogens (primary N) is 1. The fraction of sp³-hybridized carbons (Fsp3) is 0.143. The lowest BCUT2D eigenvalue weighted by atomic mass is 10.1. The first-order valence-electron chi connectivity index (χ1n) is 6.26. The van der Waals surface area contributed by atoms with Crippen molar-refractivity contribution >= 4 is 44.6 Å². The van der Waals surface area contributed by atoms with Gasteiger partial charge in [-0.05, 0) is 36.2 Å². The van der Waals surface area contributed by atoms with Crippen LogP contribution in [0.15, 0.2) is 41.3 Å². The van der Waals surface area contributed by atoms with Crippen molar-refractivity contribution in [1.82, 2.24) is 0 Å². The Labute approximate surface area is 133 Å². The number of halogens is 2. The Morgan fingerprint density at radius 2 is 1.76 bits per heavy atom. The quantitative estimate of drug-likeness (QED) is 0.851. The van der Waals surface area contributed by atoms with Crippen LogP contribution in [0.3, 0.4) is 0 Å². The van der Waals surface area contributed by atoms with Crippen molar-refractivity contribution in [2.45, 2.75) is 11.3 Å². The zero-order chi connectivity index (χ0) is 15.2. The molecule has 2 aromatic rings. The summed E-state index contributed by atoms with van der Waals surface area (Å²) in [7, 11) is -3.74. The van der Waals surface area contributed by atoms with Crippen LogP contribution in [0, 0.1) is 0 Å². The largest absolute Gasteiger partial charge is 0.397 e. The van der Waals surface area contributed by atoms with E-state index in [0.29, 0.717) is 24.3 Å². The van der Waals surface area contributed by atoms with Crippen LogP contribution in [0.5, 0.6) is 0 Å². The first-order valence-corrected chi connectivity index (χ1v) is 8.45. The monoisotopic (exact) mass is 342 g/mol. The molecule has 1 aliphatic rings. The van der Waals surface area contributed by atoms with Gasteiger partial charge in [-0.3, -0.25) is 4.31 Å². The van der Waals surface area contributed by atoms with E-state index in [0.717, 1.165) is 5.56 Å². The van der Waals surface area contributed by atoms with Gasteiger partial charge < -0.3 is 5.73 Å². The summed E-state index contributed by atoms with van der Waals surface area (Å²) in [5.74, 6) is 0. The minimum absolute atomic E-state index is 0.0658. The van der Waals surface area contributed by atoms with Crippen LogP contribution < -0.4 is 10.0 Å². The maximum Gasteiger partial charge on any atom is 0.264 e. The molecule has 4 nitrogen and oxygen atoms in total. The van der Waals surface area contributed by atoms with Crippen molar-refractivity contribution in [2.75, 3.05) is 16.6 Å². The third-order valence-electron chi connectivity index (χ3n) is 3.41. The zero-order valence-corrected chi connectivity index (χ0v) is 13.2. The maximum absolute atomic E-state index is 12.8. The molecule has 1 aliphatic heterocycles. The molecule has 0 bridgehead atoms. The van der Waals surface area contributed by atoms with Gasteiger partial charge in [0.15, 0.2) is 0 Å². The minimum Gasteiger partial charge on any atom is -0.397 e. The number of sulfonamides is 1. The van der Waals surface area contributed by atoms with Crippen LogP contribution in [0.2, 0.25) is 10.0 Å². The molecule has 0 amide bonds. The second-order valence-electron chi connectivity index (χ2n) is 4.79. The van der Waals surface area contributed by atoms with E-state index in [1.807, 2.05) is 12.1 Å². The smallest absolute Gasteiger partial charge is 0.264 e. The molecule has 7 heteroatoms. The van der Waals surface area contributed by atoms with Gasteiger partial charge in [0.25, 0.3) is 10.0 Å². The molecule has 2 N–H and O–H groups in total. The van der Waals surface area contributed by atoms with Gasteiger partial charge in [0, 0.05) is 16.6 Å². The normalized spacial score (nSPS) is 14.3. The molecule has 0 fully saturated rings. The van der Waals surface area contributed by atoms with E-state index in [1.165, 1.54) is 22.5 Å². The molecule has 21 heavy (non-hydrogen) atoms. The number of benzene rings is 2. The minimum atomic E-state index is -3.74. The number of para-hydroxylation sites is 1. The highest BCUT2D eigenvalue weighted by atomic mass is 35.5. The average molecular weight is 343 g/mol. The number of nitrogens with zero attached hydrogens (tertiary/aromatic N) is 1. The van der Waals surface area contributed by atoms with E-state index >= 15 is 0 Å². The highest BCUT2D eigenvalue weighted by molar-refractivity contribution is 7.92. The molecule has 0 atom stereocenters. The first kappa shape index (κ1) is 14.5. The van der Waals surface area contributed by atoms with E-state index < -0.39 is 10.0 Å². The molecular formula is C14H12Cl2N2O2S. The Balaban J connectivity index is 2.14. The maximum atomic E-state index is 12.8. The highest BCUT2D eigenvalue weighted by Gasteiger charge is 2.32. The number of anilines is 2. The lowest BCUT2D eigenvalue weighted by molar-refractivity contribution is 0.592. The summed E-state index contributed by atoms with van der Waals surface area (Å²) < 4.78 is 26.9. The summed E-state index contributed by atoms with van der Waals surface area (Å²) in [4.78, 5) is 0.0658. The zero-order valence-electron chi connectivity index (χ0n) is 10.9. The van der Waals surface area contributed by atoms with Gasteiger partial charge in [0.1, 0.15) is 0 Å². The summed E-state index contributed by atoms with van der Waals surface area (Å²) in [6.07, 6.45) is 0.633. The molecule has 0 aliphatic carbocycles. The van der Waals surface area contributed by atoms with Crippen molar-refractivity contribution < 1.29 is 8.42 Å². The molecule has 0 unspecified atom stereocenters. The van der Waals surface area contributed by atoms with Gasteiger partial charge in [0.05, 0.1) is 16.3 Å². The first-order chi connectivity index (χ1) is 9.89. The molecular weight excluding hydrogens is 331 g/mol. The number of nitrogen functional groups attached to an aromatic ring is 1. The molecule has 0 spiro atoms. The third-order valence-corrected chi connectivity index (χ3v) is 5.62. The van der Waals surface area contributed by atoms with Gasteiger partial charge in [-0.15, -0.1) is 0 Å². The molecule has 0 saturated heterocycles. The molecule has 0 aromatic heterocycles. The van der Waals surface area contributed by atoms with Crippen molar-refractivity contribution in [2.24, 2.45) is 0 Å². The van der Waals surface area contributed by atoms with Crippen LogP contribution >= 0.6 is 23.2 Å². The SMILES string of the molecule is Nc1cccc2c1N(S(=O)(=O)c1cc(Cl)cc(Cl)c1)CC2. The topological polar surface area (TPSA) is 63.4 Å². The van der Waals surface area contributed by atoms with Crippen LogP contribution in [-0.2, 0) is 16.4 Å². The number of fused-ring (bicyclic) bond motifs is 1.